The van der Waals surface area contributed by atoms with Crippen LogP contribution in [0.15, 0.2) is 219 Å². The monoisotopic (exact) mass is 1780 g/mol. The van der Waals surface area contributed by atoms with Crippen LogP contribution in [0.4, 0.5) is 0 Å². The molecule has 0 bridgehead atoms. The van der Waals surface area contributed by atoms with Gasteiger partial charge >= 0.3 is 0 Å². The summed E-state index contributed by atoms with van der Waals surface area (Å²) < 4.78 is 14.7. The number of benzene rings is 6. The predicted octanol–water partition coefficient (Wildman–Crippen LogP) is 28.3. The molecular weight excluding hydrogens is 1620 g/mol. The van der Waals surface area contributed by atoms with Gasteiger partial charge in [-0.1, -0.05) is 199 Å². The first kappa shape index (κ1) is 93.2. The van der Waals surface area contributed by atoms with Crippen molar-refractivity contribution >= 4 is 0 Å². The van der Waals surface area contributed by atoms with Gasteiger partial charge in [0, 0.05) is 133 Å². The van der Waals surface area contributed by atoms with E-state index in [1.54, 1.807) is 67.3 Å². The highest BCUT2D eigenvalue weighted by molar-refractivity contribution is 5.70. The molecule has 6 saturated carbocycles. The van der Waals surface area contributed by atoms with Crippen LogP contribution in [0.25, 0.3) is 67.5 Å². The van der Waals surface area contributed by atoms with E-state index in [4.69, 9.17) is 0 Å². The van der Waals surface area contributed by atoms with Crippen molar-refractivity contribution in [2.24, 2.45) is 58.5 Å². The van der Waals surface area contributed by atoms with Crippen molar-refractivity contribution in [3.05, 3.63) is 319 Å². The van der Waals surface area contributed by atoms with E-state index in [0.29, 0.717) is 32.5 Å². The van der Waals surface area contributed by atoms with Crippen LogP contribution in [0, 0.1) is 57.8 Å². The van der Waals surface area contributed by atoms with Gasteiger partial charge in [-0.3, -0.25) is 0 Å². The molecule has 0 atom stereocenters. The number of hydrogen-bond donors (Lipinski definition) is 0. The number of pyridine rings is 6. The lowest BCUT2D eigenvalue weighted by atomic mass is 9.61. The Balaban J connectivity index is 0.000000103. The molecule has 6 nitrogen and oxygen atoms in total. The maximum absolute atomic E-state index is 2.53. The first-order chi connectivity index (χ1) is 65.2. The van der Waals surface area contributed by atoms with Crippen molar-refractivity contribution in [3.8, 4) is 67.5 Å². The minimum atomic E-state index is 0.447. The average Bonchev–Trinajstić information content (AvgIpc) is 1.19. The van der Waals surface area contributed by atoms with Crippen LogP contribution >= 0.6 is 0 Å². The first-order valence-corrected chi connectivity index (χ1v) is 53.6. The fourth-order valence-corrected chi connectivity index (χ4v) is 29.5. The molecule has 134 heavy (non-hydrogen) atoms. The van der Waals surface area contributed by atoms with Gasteiger partial charge in [-0.2, -0.15) is 18.3 Å². The largest absolute Gasteiger partial charge is 0.216 e. The second kappa shape index (κ2) is 40.1. The van der Waals surface area contributed by atoms with Crippen molar-refractivity contribution < 1.29 is 27.4 Å². The molecule has 12 aliphatic rings. The summed E-state index contributed by atoms with van der Waals surface area (Å²) in [7, 11) is 13.5. The van der Waals surface area contributed by atoms with Crippen molar-refractivity contribution in [2.75, 3.05) is 0 Å². The minimum Gasteiger partial charge on any atom is -0.201 e. The molecular formula is C128H160N6+6. The van der Waals surface area contributed by atoms with Crippen LogP contribution in [0.2, 0.25) is 0 Å². The van der Waals surface area contributed by atoms with Gasteiger partial charge in [-0.05, 0) is 336 Å². The Morgan fingerprint density at radius 3 is 1.08 bits per heavy atom. The second-order valence-corrected chi connectivity index (χ2v) is 45.0. The maximum Gasteiger partial charge on any atom is 0.216 e. The minimum absolute atomic E-state index is 0.447. The quantitative estimate of drug-likeness (QED) is 0.148. The number of fused-ring (bicyclic) bond motifs is 9. The van der Waals surface area contributed by atoms with Gasteiger partial charge in [0.05, 0.1) is 5.41 Å². The van der Waals surface area contributed by atoms with Crippen LogP contribution in [0.3, 0.4) is 0 Å². The summed E-state index contributed by atoms with van der Waals surface area (Å²) in [6.07, 6.45) is 65.6. The first-order valence-electron chi connectivity index (χ1n) is 53.6. The third-order valence-electron chi connectivity index (χ3n) is 37.0. The third-order valence-corrected chi connectivity index (χ3v) is 37.0. The highest BCUT2D eigenvalue weighted by Gasteiger charge is 2.49. The molecule has 6 spiro atoms. The normalized spacial score (nSPS) is 19.4. The number of aromatic nitrogens is 6. The van der Waals surface area contributed by atoms with E-state index < -0.39 is 0 Å². The highest BCUT2D eigenvalue weighted by atomic mass is 15.0. The van der Waals surface area contributed by atoms with Crippen molar-refractivity contribution in [1.82, 2.24) is 0 Å². The Kier molecular flexibility index (Phi) is 27.9. The average molecular weight is 1780 g/mol. The second-order valence-electron chi connectivity index (χ2n) is 45.0. The number of nitrogens with zero attached hydrogens (tertiary/aromatic N) is 6. The van der Waals surface area contributed by atoms with Gasteiger partial charge in [-0.15, -0.1) is 0 Å². The summed E-state index contributed by atoms with van der Waals surface area (Å²) in [6.45, 7) is 13.4. The van der Waals surface area contributed by atoms with Gasteiger partial charge in [-0.25, -0.2) is 9.13 Å². The summed E-state index contributed by atoms with van der Waals surface area (Å²) in [4.78, 5) is 0. The number of aryl methyl sites for hydroxylation is 12. The Hall–Kier alpha value is -9.78. The van der Waals surface area contributed by atoms with Gasteiger partial charge in [0.1, 0.15) is 42.3 Å². The fraction of sp³-hybridized carbons (Fsp3) is 0.484. The molecule has 696 valence electrons. The van der Waals surface area contributed by atoms with E-state index in [1.807, 2.05) is 0 Å². The number of hydrogen-bond acceptors (Lipinski definition) is 0. The van der Waals surface area contributed by atoms with E-state index in [2.05, 4.69) is 330 Å². The molecule has 0 radical (unpaired) electrons. The standard InChI is InChI=1S/2C22H28N.4C21H26N/c1-17-9-4-5-11-19(17)21-20-18(12-16-23(21)2)10-8-15-22(20)13-6-3-7-14-22;1-17-8-4-5-9-19(17)21-20-16-22(12-6-3-7-13-22)14-10-18(20)11-15-23(21)2;1-16-8-3-4-10-18(16)19-12-11-17-9-7-15-21(13-5-6-14-21)20(17)22(19)2;1-16-8-3-4-9-17(16)19-12-11-18-20(22(19)2)10-7-15-21(18)13-5-6-14-21;1-16-7-3-4-8-18(16)20-10-9-17-15-21(12-5-6-13-21)14-11-19(17)22(20)2;1-16-7-3-4-8-18(16)19-10-9-17-11-14-21(12-5-6-13-21)15-20(17)22(19)2/h4-5,9,11-12,16H,3,6-8,10,13-15H2,1-2H3;4-5,8-9,11,15H,3,6-7,10,12-14,16H2,1-2H3;3-4,8,10-12H,5-7,9,13-15H2,1-2H3;3-4,8-9,11-12H,5-7,10,13-15H2,1-2H3;2*3-4,7-10H,5-6,11-15H2,1-2H3/q6*+1. The molecule has 0 saturated heterocycles. The van der Waals surface area contributed by atoms with Crippen LogP contribution in [0.5, 0.6) is 0 Å². The van der Waals surface area contributed by atoms with Gasteiger partial charge in [0.2, 0.25) is 34.2 Å². The zero-order chi connectivity index (χ0) is 92.4. The highest BCUT2D eigenvalue weighted by Crippen LogP contribution is 2.55. The molecule has 6 heterocycles. The van der Waals surface area contributed by atoms with E-state index in [9.17, 15) is 0 Å². The summed E-state index contributed by atoms with van der Waals surface area (Å²) in [5.74, 6) is 0. The molecule has 6 heteroatoms. The van der Waals surface area contributed by atoms with Crippen LogP contribution in [0.1, 0.15) is 325 Å². The molecule has 24 rings (SSSR count). The van der Waals surface area contributed by atoms with Gasteiger partial charge in [0.25, 0.3) is 0 Å². The molecule has 6 aromatic carbocycles. The van der Waals surface area contributed by atoms with Crippen molar-refractivity contribution in [2.45, 2.75) is 340 Å². The topological polar surface area (TPSA) is 23.3 Å². The Morgan fingerprint density at radius 1 is 0.216 bits per heavy atom. The lowest BCUT2D eigenvalue weighted by Gasteiger charge is -2.42. The van der Waals surface area contributed by atoms with E-state index >= 15 is 0 Å². The zero-order valence-corrected chi connectivity index (χ0v) is 84.6. The maximum atomic E-state index is 2.53. The summed E-state index contributed by atoms with van der Waals surface area (Å²) >= 11 is 0. The van der Waals surface area contributed by atoms with Crippen LogP contribution in [-0.2, 0) is 116 Å². The lowest BCUT2D eigenvalue weighted by molar-refractivity contribution is -0.673. The van der Waals surface area contributed by atoms with Crippen LogP contribution in [-0.4, -0.2) is 0 Å². The van der Waals surface area contributed by atoms with Crippen molar-refractivity contribution in [1.29, 1.82) is 0 Å². The van der Waals surface area contributed by atoms with E-state index in [-0.39, 0.29) is 0 Å². The third kappa shape index (κ3) is 18.7. The smallest absolute Gasteiger partial charge is 0.201 e. The summed E-state index contributed by atoms with van der Waals surface area (Å²) in [5, 5.41) is 0. The molecule has 0 N–H and O–H groups in total. The molecule has 0 aliphatic heterocycles. The van der Waals surface area contributed by atoms with Crippen LogP contribution < -0.4 is 27.4 Å². The Bertz CT molecular complexity index is 6230. The lowest BCUT2D eigenvalue weighted by Crippen LogP contribution is -2.47. The Morgan fingerprint density at radius 2 is 0.560 bits per heavy atom. The molecule has 12 aromatic rings. The Labute approximate surface area is 807 Å². The molecule has 6 fully saturated rings. The molecule has 6 aromatic heterocycles. The summed E-state index contributed by atoms with van der Waals surface area (Å²) in [5.41, 5.74) is 47.7. The van der Waals surface area contributed by atoms with Gasteiger partial charge < -0.3 is 0 Å². The summed E-state index contributed by atoms with van der Waals surface area (Å²) in [6, 6.07) is 76.6. The fourth-order valence-electron chi connectivity index (χ4n) is 29.5. The molecule has 0 amide bonds. The SMILES string of the molecule is Cc1ccccc1-c1c2c(cc[n+]1C)CCC1(CCCCC1)C2.Cc1ccccc1-c1c2c(cc[n+]1C)CCCC21CCCCC1.Cc1ccccc1-c1ccc2c([n+]1C)C1(CCCC1)CCC2.Cc1ccccc1-c1ccc2c([n+]1C)CC1(CCCC1)CC2.Cc1ccccc1-c1ccc2c([n+]1C)CCC1(CCCC1)C2.Cc1ccccc1-c1ccc2c([n+]1C)CCCC21CCCC1. The van der Waals surface area contributed by atoms with E-state index in [1.165, 1.54) is 383 Å². The molecule has 12 aliphatic carbocycles. The van der Waals surface area contributed by atoms with E-state index in [0.717, 1.165) is 0 Å². The van der Waals surface area contributed by atoms with Crippen molar-refractivity contribution in [3.63, 3.8) is 0 Å². The predicted molar refractivity (Wildman–Crippen MR) is 554 cm³/mol. The zero-order valence-electron chi connectivity index (χ0n) is 84.6. The molecule has 0 unspecified atom stereocenters. The number of rotatable bonds is 6. The van der Waals surface area contributed by atoms with Gasteiger partial charge in [0.15, 0.2) is 35.2 Å².